The van der Waals surface area contributed by atoms with Crippen LogP contribution in [0.4, 0.5) is 0 Å². The lowest BCUT2D eigenvalue weighted by Gasteiger charge is -2.20. The second-order valence-corrected chi connectivity index (χ2v) is 7.27. The van der Waals surface area contributed by atoms with Gasteiger partial charge in [-0.25, -0.2) is 0 Å². The molecular weight excluding hydrogens is 356 g/mol. The average Bonchev–Trinajstić information content (AvgIpc) is 3.07. The van der Waals surface area contributed by atoms with Gasteiger partial charge in [0.25, 0.3) is 0 Å². The monoisotopic (exact) mass is 384 g/mol. The van der Waals surface area contributed by atoms with Crippen molar-refractivity contribution in [1.82, 2.24) is 20.4 Å². The van der Waals surface area contributed by atoms with Gasteiger partial charge in [0, 0.05) is 44.5 Å². The predicted octanol–water partition coefficient (Wildman–Crippen LogP) is 2.89. The summed E-state index contributed by atoms with van der Waals surface area (Å²) in [6.07, 6.45) is 5.34. The van der Waals surface area contributed by atoms with Crippen LogP contribution in [-0.2, 0) is 16.0 Å². The maximum absolute atomic E-state index is 12.0. The van der Waals surface area contributed by atoms with Crippen molar-refractivity contribution in [2.24, 2.45) is 0 Å². The lowest BCUT2D eigenvalue weighted by molar-refractivity contribution is -0.130. The number of hydrogen-bond donors (Lipinski definition) is 1. The molecule has 0 atom stereocenters. The smallest absolute Gasteiger partial charge is 0.227 e. The molecule has 1 aliphatic heterocycles. The summed E-state index contributed by atoms with van der Waals surface area (Å²) in [6.45, 7) is 4.15. The highest BCUT2D eigenvalue weighted by Gasteiger charge is 2.16. The minimum atomic E-state index is -0.0442. The number of carbonyl (C=O) groups excluding carboxylic acids is 2. The van der Waals surface area contributed by atoms with Crippen LogP contribution in [0.5, 0.6) is 0 Å². The number of aromatic nitrogens is 2. The van der Waals surface area contributed by atoms with Crippen molar-refractivity contribution in [2.45, 2.75) is 51.9 Å². The number of nitrogens with zero attached hydrogens (tertiary/aromatic N) is 3. The predicted molar refractivity (Wildman–Crippen MR) is 105 cm³/mol. The van der Waals surface area contributed by atoms with Gasteiger partial charge in [0.1, 0.15) is 0 Å². The summed E-state index contributed by atoms with van der Waals surface area (Å²) in [5.41, 5.74) is 2.07. The Balaban J connectivity index is 1.35. The van der Waals surface area contributed by atoms with Crippen LogP contribution in [0.3, 0.4) is 0 Å². The van der Waals surface area contributed by atoms with Gasteiger partial charge in [0.05, 0.1) is 0 Å². The van der Waals surface area contributed by atoms with Gasteiger partial charge in [-0.2, -0.15) is 4.98 Å². The van der Waals surface area contributed by atoms with E-state index in [0.29, 0.717) is 44.1 Å². The number of likely N-dealkylation sites (tertiary alicyclic amines) is 1. The summed E-state index contributed by atoms with van der Waals surface area (Å²) in [5, 5.41) is 6.88. The lowest BCUT2D eigenvalue weighted by Crippen LogP contribution is -2.34. The van der Waals surface area contributed by atoms with Crippen molar-refractivity contribution < 1.29 is 14.1 Å². The third-order valence-electron chi connectivity index (χ3n) is 4.94. The Morgan fingerprint density at radius 2 is 2.04 bits per heavy atom. The first kappa shape index (κ1) is 20.0. The molecule has 7 heteroatoms. The molecule has 0 bridgehead atoms. The second kappa shape index (κ2) is 10.0. The molecule has 2 amide bonds. The molecule has 28 heavy (non-hydrogen) atoms. The third-order valence-corrected chi connectivity index (χ3v) is 4.94. The fourth-order valence-corrected chi connectivity index (χ4v) is 3.26. The van der Waals surface area contributed by atoms with Gasteiger partial charge in [-0.05, 0) is 26.2 Å². The van der Waals surface area contributed by atoms with E-state index in [-0.39, 0.29) is 11.8 Å². The minimum Gasteiger partial charge on any atom is -0.356 e. The Hall–Kier alpha value is -2.70. The van der Waals surface area contributed by atoms with E-state index in [1.165, 1.54) is 5.56 Å². The van der Waals surface area contributed by atoms with Gasteiger partial charge < -0.3 is 14.7 Å². The molecular formula is C21H28N4O3. The molecule has 150 valence electrons. The first-order valence-corrected chi connectivity index (χ1v) is 10.1. The first-order chi connectivity index (χ1) is 13.6. The molecule has 1 N–H and O–H groups in total. The van der Waals surface area contributed by atoms with Gasteiger partial charge >= 0.3 is 0 Å². The Morgan fingerprint density at radius 1 is 1.21 bits per heavy atom. The summed E-state index contributed by atoms with van der Waals surface area (Å²) in [7, 11) is 0. The average molecular weight is 384 g/mol. The summed E-state index contributed by atoms with van der Waals surface area (Å²) in [4.78, 5) is 30.2. The molecule has 1 fully saturated rings. The summed E-state index contributed by atoms with van der Waals surface area (Å²) in [6, 6.07) is 7.90. The molecule has 2 aromatic rings. The van der Waals surface area contributed by atoms with Gasteiger partial charge in [0.2, 0.25) is 23.5 Å². The van der Waals surface area contributed by atoms with Crippen molar-refractivity contribution in [3.63, 3.8) is 0 Å². The molecule has 1 aliphatic rings. The standard InChI is InChI=1S/C21H28N4O3/c1-16-7-9-17(10-8-16)21-23-19(28-24-21)12-11-18(26)22-13-5-15-25-14-4-2-3-6-20(25)27/h7-10H,2-6,11-15H2,1H3,(H,22,26). The van der Waals surface area contributed by atoms with E-state index in [1.807, 2.05) is 36.1 Å². The van der Waals surface area contributed by atoms with Gasteiger partial charge in [-0.3, -0.25) is 9.59 Å². The summed E-state index contributed by atoms with van der Waals surface area (Å²) < 4.78 is 5.24. The Kier molecular flexibility index (Phi) is 7.17. The van der Waals surface area contributed by atoms with E-state index < -0.39 is 0 Å². The normalized spacial score (nSPS) is 14.8. The topological polar surface area (TPSA) is 88.3 Å². The SMILES string of the molecule is Cc1ccc(-c2noc(CCC(=O)NCCCN3CCCCCC3=O)n2)cc1. The van der Waals surface area contributed by atoms with E-state index in [9.17, 15) is 9.59 Å². The van der Waals surface area contributed by atoms with Crippen LogP contribution in [0.1, 0.15) is 50.0 Å². The number of hydrogen-bond acceptors (Lipinski definition) is 5. The molecule has 1 saturated heterocycles. The van der Waals surface area contributed by atoms with Crippen molar-refractivity contribution in [2.75, 3.05) is 19.6 Å². The highest BCUT2D eigenvalue weighted by atomic mass is 16.5. The van der Waals surface area contributed by atoms with E-state index in [1.54, 1.807) is 0 Å². The Labute approximate surface area is 165 Å². The molecule has 0 spiro atoms. The van der Waals surface area contributed by atoms with Crippen LogP contribution in [-0.4, -0.2) is 46.5 Å². The number of aryl methyl sites for hydroxylation is 2. The molecule has 1 aromatic carbocycles. The molecule has 2 heterocycles. The van der Waals surface area contributed by atoms with Crippen LogP contribution in [0, 0.1) is 6.92 Å². The Bertz CT molecular complexity index is 785. The molecule has 0 aliphatic carbocycles. The van der Waals surface area contributed by atoms with Gasteiger partial charge in [0.15, 0.2) is 0 Å². The van der Waals surface area contributed by atoms with Crippen molar-refractivity contribution in [3.8, 4) is 11.4 Å². The second-order valence-electron chi connectivity index (χ2n) is 7.27. The first-order valence-electron chi connectivity index (χ1n) is 10.1. The van der Waals surface area contributed by atoms with Crippen LogP contribution < -0.4 is 5.32 Å². The quantitative estimate of drug-likeness (QED) is 0.707. The third kappa shape index (κ3) is 5.90. The highest BCUT2D eigenvalue weighted by Crippen LogP contribution is 2.16. The fraction of sp³-hybridized carbons (Fsp3) is 0.524. The van der Waals surface area contributed by atoms with Crippen molar-refractivity contribution >= 4 is 11.8 Å². The summed E-state index contributed by atoms with van der Waals surface area (Å²) >= 11 is 0. The highest BCUT2D eigenvalue weighted by molar-refractivity contribution is 5.76. The van der Waals surface area contributed by atoms with Crippen LogP contribution in [0.15, 0.2) is 28.8 Å². The zero-order valence-corrected chi connectivity index (χ0v) is 16.4. The molecule has 0 saturated carbocycles. The van der Waals surface area contributed by atoms with Gasteiger partial charge in [-0.15, -0.1) is 0 Å². The van der Waals surface area contributed by atoms with E-state index in [2.05, 4.69) is 15.5 Å². The number of amides is 2. The largest absolute Gasteiger partial charge is 0.356 e. The molecule has 7 nitrogen and oxygen atoms in total. The maximum Gasteiger partial charge on any atom is 0.227 e. The minimum absolute atomic E-state index is 0.0442. The number of benzene rings is 1. The number of carbonyl (C=O) groups is 2. The zero-order chi connectivity index (χ0) is 19.8. The molecule has 1 aromatic heterocycles. The van der Waals surface area contributed by atoms with Crippen LogP contribution in [0.2, 0.25) is 0 Å². The van der Waals surface area contributed by atoms with Crippen LogP contribution >= 0.6 is 0 Å². The van der Waals surface area contributed by atoms with E-state index in [0.717, 1.165) is 37.8 Å². The molecule has 0 radical (unpaired) electrons. The van der Waals surface area contributed by atoms with Crippen molar-refractivity contribution in [1.29, 1.82) is 0 Å². The number of rotatable bonds is 8. The van der Waals surface area contributed by atoms with E-state index >= 15 is 0 Å². The molecule has 0 unspecified atom stereocenters. The van der Waals surface area contributed by atoms with E-state index in [4.69, 9.17) is 4.52 Å². The Morgan fingerprint density at radius 3 is 2.86 bits per heavy atom. The molecule has 3 rings (SSSR count). The van der Waals surface area contributed by atoms with Crippen LogP contribution in [0.25, 0.3) is 11.4 Å². The zero-order valence-electron chi connectivity index (χ0n) is 16.4. The summed E-state index contributed by atoms with van der Waals surface area (Å²) in [5.74, 6) is 1.19. The lowest BCUT2D eigenvalue weighted by atomic mass is 10.1. The van der Waals surface area contributed by atoms with Crippen molar-refractivity contribution in [3.05, 3.63) is 35.7 Å². The van der Waals surface area contributed by atoms with Gasteiger partial charge in [-0.1, -0.05) is 41.4 Å². The maximum atomic E-state index is 12.0. The fourth-order valence-electron chi connectivity index (χ4n) is 3.26. The number of nitrogens with one attached hydrogen (secondary N) is 1.